The van der Waals surface area contributed by atoms with Crippen molar-refractivity contribution in [1.29, 1.82) is 0 Å². The van der Waals surface area contributed by atoms with Gasteiger partial charge in [-0.05, 0) is 54.7 Å². The van der Waals surface area contributed by atoms with Gasteiger partial charge in [-0.2, -0.15) is 0 Å². The zero-order valence-corrected chi connectivity index (χ0v) is 12.0. The Morgan fingerprint density at radius 2 is 1.95 bits per heavy atom. The molecule has 1 aromatic heterocycles. The van der Waals surface area contributed by atoms with Gasteiger partial charge >= 0.3 is 0 Å². The monoisotopic (exact) mass is 289 g/mol. The van der Waals surface area contributed by atoms with Gasteiger partial charge in [0, 0.05) is 6.20 Å². The van der Waals surface area contributed by atoms with E-state index in [1.165, 1.54) is 0 Å². The third-order valence-electron chi connectivity index (χ3n) is 3.90. The number of rotatable bonds is 3. The molecule has 0 bridgehead atoms. The maximum atomic E-state index is 10.4. The first-order chi connectivity index (χ1) is 9.62. The highest BCUT2D eigenvalue weighted by Gasteiger charge is 2.37. The van der Waals surface area contributed by atoms with Crippen LogP contribution in [-0.4, -0.2) is 17.2 Å². The summed E-state index contributed by atoms with van der Waals surface area (Å²) in [5.41, 5.74) is 2.00. The zero-order valence-electron chi connectivity index (χ0n) is 11.3. The second kappa shape index (κ2) is 5.08. The molecule has 0 radical (unpaired) electrons. The molecule has 2 aromatic rings. The lowest BCUT2D eigenvalue weighted by molar-refractivity contribution is -0.0425. The summed E-state index contributed by atoms with van der Waals surface area (Å²) < 4.78 is 5.24. The van der Waals surface area contributed by atoms with E-state index in [-0.39, 0.29) is 0 Å². The van der Waals surface area contributed by atoms with Gasteiger partial charge in [-0.1, -0.05) is 17.7 Å². The normalized spacial score (nSPS) is 16.6. The van der Waals surface area contributed by atoms with Gasteiger partial charge in [0.05, 0.1) is 17.8 Å². The SMILES string of the molecule is COc1cc(-c2ccnc(C3(O)CCC3)c2)ccc1Cl. The number of methoxy groups -OCH3 is 1. The van der Waals surface area contributed by atoms with Crippen LogP contribution in [-0.2, 0) is 5.60 Å². The molecule has 0 amide bonds. The summed E-state index contributed by atoms with van der Waals surface area (Å²) in [6.07, 6.45) is 4.36. The molecule has 3 rings (SSSR count). The Morgan fingerprint density at radius 1 is 1.20 bits per heavy atom. The number of pyridine rings is 1. The third-order valence-corrected chi connectivity index (χ3v) is 4.21. The van der Waals surface area contributed by atoms with Gasteiger partial charge in [-0.3, -0.25) is 4.98 Å². The average molecular weight is 290 g/mol. The van der Waals surface area contributed by atoms with Gasteiger partial charge in [-0.25, -0.2) is 0 Å². The second-order valence-electron chi connectivity index (χ2n) is 5.16. The van der Waals surface area contributed by atoms with Gasteiger partial charge in [0.2, 0.25) is 0 Å². The lowest BCUT2D eigenvalue weighted by atomic mass is 9.77. The molecule has 0 unspecified atom stereocenters. The molecular weight excluding hydrogens is 274 g/mol. The second-order valence-corrected chi connectivity index (χ2v) is 5.57. The van der Waals surface area contributed by atoms with Gasteiger partial charge in [0.25, 0.3) is 0 Å². The summed E-state index contributed by atoms with van der Waals surface area (Å²) in [5.74, 6) is 0.643. The van der Waals surface area contributed by atoms with E-state index in [0.29, 0.717) is 10.8 Å². The van der Waals surface area contributed by atoms with Crippen LogP contribution in [0.15, 0.2) is 36.5 Å². The fourth-order valence-electron chi connectivity index (χ4n) is 2.47. The number of ether oxygens (including phenoxy) is 1. The number of hydrogen-bond donors (Lipinski definition) is 1. The fourth-order valence-corrected chi connectivity index (χ4v) is 2.67. The van der Waals surface area contributed by atoms with Crippen LogP contribution in [0.4, 0.5) is 0 Å². The van der Waals surface area contributed by atoms with Crippen molar-refractivity contribution < 1.29 is 9.84 Å². The number of aliphatic hydroxyl groups is 1. The Hall–Kier alpha value is -1.58. The summed E-state index contributed by atoms with van der Waals surface area (Å²) in [7, 11) is 1.60. The summed E-state index contributed by atoms with van der Waals surface area (Å²) in [6, 6.07) is 9.52. The van der Waals surface area contributed by atoms with Crippen molar-refractivity contribution in [3.8, 4) is 16.9 Å². The van der Waals surface area contributed by atoms with E-state index in [1.807, 2.05) is 30.3 Å². The highest BCUT2D eigenvalue weighted by molar-refractivity contribution is 6.32. The Labute approximate surface area is 123 Å². The van der Waals surface area contributed by atoms with Crippen molar-refractivity contribution in [2.24, 2.45) is 0 Å². The molecule has 1 saturated carbocycles. The maximum absolute atomic E-state index is 10.4. The van der Waals surface area contributed by atoms with E-state index in [4.69, 9.17) is 16.3 Å². The zero-order chi connectivity index (χ0) is 14.2. The number of benzene rings is 1. The molecule has 0 aliphatic heterocycles. The molecule has 104 valence electrons. The van der Waals surface area contributed by atoms with Crippen LogP contribution in [0.2, 0.25) is 5.02 Å². The molecule has 20 heavy (non-hydrogen) atoms. The Kier molecular flexibility index (Phi) is 3.40. The molecule has 1 heterocycles. The predicted molar refractivity (Wildman–Crippen MR) is 79.0 cm³/mol. The van der Waals surface area contributed by atoms with E-state index in [9.17, 15) is 5.11 Å². The molecule has 0 saturated heterocycles. The largest absolute Gasteiger partial charge is 0.495 e. The quantitative estimate of drug-likeness (QED) is 0.935. The molecule has 1 aliphatic rings. The van der Waals surface area contributed by atoms with Crippen molar-refractivity contribution >= 4 is 11.6 Å². The van der Waals surface area contributed by atoms with Crippen molar-refractivity contribution in [2.75, 3.05) is 7.11 Å². The summed E-state index contributed by atoms with van der Waals surface area (Å²) >= 11 is 6.04. The van der Waals surface area contributed by atoms with Crippen molar-refractivity contribution in [2.45, 2.75) is 24.9 Å². The first kappa shape index (κ1) is 13.4. The molecular formula is C16H16ClNO2. The molecule has 1 aromatic carbocycles. The lowest BCUT2D eigenvalue weighted by Gasteiger charge is -2.36. The lowest BCUT2D eigenvalue weighted by Crippen LogP contribution is -2.34. The van der Waals surface area contributed by atoms with Gasteiger partial charge in [-0.15, -0.1) is 0 Å². The molecule has 1 fully saturated rings. The van der Waals surface area contributed by atoms with E-state index in [2.05, 4.69) is 4.98 Å². The van der Waals surface area contributed by atoms with Crippen molar-refractivity contribution in [1.82, 2.24) is 4.98 Å². The van der Waals surface area contributed by atoms with Gasteiger partial charge in [0.15, 0.2) is 0 Å². The minimum atomic E-state index is -0.744. The van der Waals surface area contributed by atoms with Crippen LogP contribution in [0.1, 0.15) is 25.0 Å². The molecule has 3 nitrogen and oxygen atoms in total. The smallest absolute Gasteiger partial charge is 0.138 e. The Bertz CT molecular complexity index is 638. The van der Waals surface area contributed by atoms with E-state index >= 15 is 0 Å². The summed E-state index contributed by atoms with van der Waals surface area (Å²) in [4.78, 5) is 4.31. The number of hydrogen-bond acceptors (Lipinski definition) is 3. The van der Waals surface area contributed by atoms with E-state index in [1.54, 1.807) is 13.3 Å². The molecule has 0 atom stereocenters. The molecule has 1 N–H and O–H groups in total. The molecule has 4 heteroatoms. The highest BCUT2D eigenvalue weighted by Crippen LogP contribution is 2.41. The van der Waals surface area contributed by atoms with E-state index in [0.717, 1.165) is 36.1 Å². The topological polar surface area (TPSA) is 42.4 Å². The summed E-state index contributed by atoms with van der Waals surface area (Å²) in [5, 5.41) is 11.0. The minimum Gasteiger partial charge on any atom is -0.495 e. The number of halogens is 1. The van der Waals surface area contributed by atoms with Gasteiger partial charge < -0.3 is 9.84 Å². The maximum Gasteiger partial charge on any atom is 0.138 e. The van der Waals surface area contributed by atoms with Crippen LogP contribution in [0.3, 0.4) is 0 Å². The first-order valence-corrected chi connectivity index (χ1v) is 7.03. The average Bonchev–Trinajstić information content (AvgIpc) is 2.45. The van der Waals surface area contributed by atoms with Crippen LogP contribution in [0.5, 0.6) is 5.75 Å². The Balaban J connectivity index is 2.00. The number of aromatic nitrogens is 1. The van der Waals surface area contributed by atoms with Crippen LogP contribution < -0.4 is 4.74 Å². The van der Waals surface area contributed by atoms with Crippen molar-refractivity contribution in [3.63, 3.8) is 0 Å². The molecule has 0 spiro atoms. The third kappa shape index (κ3) is 2.28. The van der Waals surface area contributed by atoms with Crippen LogP contribution >= 0.6 is 11.6 Å². The first-order valence-electron chi connectivity index (χ1n) is 6.65. The summed E-state index contributed by atoms with van der Waals surface area (Å²) in [6.45, 7) is 0. The Morgan fingerprint density at radius 3 is 2.60 bits per heavy atom. The molecule has 1 aliphatic carbocycles. The van der Waals surface area contributed by atoms with Crippen molar-refractivity contribution in [3.05, 3.63) is 47.2 Å². The van der Waals surface area contributed by atoms with Gasteiger partial charge in [0.1, 0.15) is 11.4 Å². The fraction of sp³-hybridized carbons (Fsp3) is 0.312. The minimum absolute atomic E-state index is 0.586. The predicted octanol–water partition coefficient (Wildman–Crippen LogP) is 3.78. The van der Waals surface area contributed by atoms with Crippen LogP contribution in [0.25, 0.3) is 11.1 Å². The standard InChI is InChI=1S/C16H16ClNO2/c1-20-14-9-11(3-4-13(14)17)12-5-8-18-15(10-12)16(19)6-2-7-16/h3-5,8-10,19H,2,6-7H2,1H3. The number of nitrogens with zero attached hydrogens (tertiary/aromatic N) is 1. The van der Waals surface area contributed by atoms with Crippen LogP contribution in [0, 0.1) is 0 Å². The highest BCUT2D eigenvalue weighted by atomic mass is 35.5. The van der Waals surface area contributed by atoms with E-state index < -0.39 is 5.60 Å².